The summed E-state index contributed by atoms with van der Waals surface area (Å²) in [6.45, 7) is 3.61. The van der Waals surface area contributed by atoms with Crippen molar-refractivity contribution in [2.45, 2.75) is 350 Å². The average Bonchev–Trinajstić information content (AvgIpc) is 3.43. The van der Waals surface area contributed by atoms with E-state index in [-0.39, 0.29) is 12.8 Å². The lowest BCUT2D eigenvalue weighted by Gasteiger charge is -2.47. The van der Waals surface area contributed by atoms with Gasteiger partial charge in [0, 0.05) is 6.92 Å². The Bertz CT molecular complexity index is 1400. The molecule has 17 heteroatoms. The SMILES string of the molecule is CCCCCCCCCCCCCCCCCCCCCCCC(O)C(=O)NC(COC1OC(CO)C(OC2OC(CO)C(O)C(O)C2NC(C)=O)C(O)C1O)C(O)C(O)CCCCCCCCCCCCCCCCC. The van der Waals surface area contributed by atoms with Gasteiger partial charge < -0.3 is 75.5 Å². The largest absolute Gasteiger partial charge is 0.394 e. The number of rotatable bonds is 50. The molecule has 0 spiro atoms. The summed E-state index contributed by atoms with van der Waals surface area (Å²) in [4.78, 5) is 25.4. The Morgan fingerprint density at radius 1 is 0.481 bits per heavy atom. The van der Waals surface area contributed by atoms with E-state index in [4.69, 9.17) is 18.9 Å². The first-order valence-corrected chi connectivity index (χ1v) is 31.4. The molecule has 2 aliphatic rings. The zero-order valence-electron chi connectivity index (χ0n) is 48.5. The predicted octanol–water partition coefficient (Wildman–Crippen LogP) is 8.20. The minimum absolute atomic E-state index is 0.203. The number of carbonyl (C=O) groups is 2. The van der Waals surface area contributed by atoms with Crippen LogP contribution in [0.25, 0.3) is 0 Å². The Kier molecular flexibility index (Phi) is 42.7. The molecule has 456 valence electrons. The first-order valence-electron chi connectivity index (χ1n) is 31.4. The van der Waals surface area contributed by atoms with E-state index in [9.17, 15) is 55.5 Å². The van der Waals surface area contributed by atoms with E-state index >= 15 is 0 Å². The van der Waals surface area contributed by atoms with E-state index in [0.717, 1.165) is 51.9 Å². The van der Waals surface area contributed by atoms with Gasteiger partial charge in [0.05, 0.1) is 32.0 Å². The highest BCUT2D eigenvalue weighted by Gasteiger charge is 2.51. The smallest absolute Gasteiger partial charge is 0.249 e. The van der Waals surface area contributed by atoms with Crippen molar-refractivity contribution in [3.8, 4) is 0 Å². The van der Waals surface area contributed by atoms with Crippen molar-refractivity contribution in [3.63, 3.8) is 0 Å². The van der Waals surface area contributed by atoms with Crippen LogP contribution in [0.4, 0.5) is 0 Å². The monoisotopic (exact) mass is 1100 g/mol. The minimum atomic E-state index is -1.86. The van der Waals surface area contributed by atoms with Crippen LogP contribution in [-0.4, -0.2) is 163 Å². The zero-order chi connectivity index (χ0) is 56.5. The first-order chi connectivity index (χ1) is 37.3. The second-order valence-electron chi connectivity index (χ2n) is 22.9. The van der Waals surface area contributed by atoms with Gasteiger partial charge in [-0.05, 0) is 12.8 Å². The van der Waals surface area contributed by atoms with Gasteiger partial charge in [-0.2, -0.15) is 0 Å². The highest BCUT2D eigenvalue weighted by molar-refractivity contribution is 5.80. The van der Waals surface area contributed by atoms with E-state index in [1.807, 2.05) is 0 Å². The molecule has 2 rings (SSSR count). The molecule has 0 saturated carbocycles. The Balaban J connectivity index is 1.86. The number of unbranched alkanes of at least 4 members (excludes halogenated alkanes) is 34. The molecule has 2 aliphatic heterocycles. The second-order valence-corrected chi connectivity index (χ2v) is 22.9. The average molecular weight is 1110 g/mol. The molecule has 2 saturated heterocycles. The number of nitrogens with one attached hydrogen (secondary N) is 2. The standard InChI is InChI=1S/C60H116N2O15/c1-4-6-8-10-12-14-16-18-20-21-22-23-24-25-27-29-31-33-35-37-39-41-48(67)58(73)62-46(52(68)47(66)40-38-36-34-32-30-28-26-19-17-15-13-11-9-7-5-2)44-74-60-56(72)55(71)57(50(43-64)76-60)77-59-51(61-45(3)65)54(70)53(69)49(42-63)75-59/h46-57,59-60,63-64,66-72H,4-44H2,1-3H3,(H,61,65)(H,62,73). The lowest BCUT2D eigenvalue weighted by molar-refractivity contribution is -0.347. The van der Waals surface area contributed by atoms with Crippen molar-refractivity contribution in [1.82, 2.24) is 10.6 Å². The summed E-state index contributed by atoms with van der Waals surface area (Å²) in [5, 5.41) is 103. The topological polar surface area (TPSA) is 277 Å². The van der Waals surface area contributed by atoms with E-state index < -0.39 is 117 Å². The molecule has 2 heterocycles. The van der Waals surface area contributed by atoms with Crippen LogP contribution in [0.5, 0.6) is 0 Å². The summed E-state index contributed by atoms with van der Waals surface area (Å²) >= 11 is 0. The summed E-state index contributed by atoms with van der Waals surface area (Å²) in [7, 11) is 0. The van der Waals surface area contributed by atoms with Crippen molar-refractivity contribution in [2.24, 2.45) is 0 Å². The van der Waals surface area contributed by atoms with Crippen LogP contribution in [0.2, 0.25) is 0 Å². The molecule has 0 aromatic heterocycles. The van der Waals surface area contributed by atoms with Gasteiger partial charge in [0.25, 0.3) is 0 Å². The highest BCUT2D eigenvalue weighted by Crippen LogP contribution is 2.30. The van der Waals surface area contributed by atoms with Crippen LogP contribution in [-0.2, 0) is 28.5 Å². The fraction of sp³-hybridized carbons (Fsp3) is 0.967. The quantitative estimate of drug-likeness (QED) is 0.0256. The number of hydrogen-bond acceptors (Lipinski definition) is 15. The fourth-order valence-electron chi connectivity index (χ4n) is 10.9. The third-order valence-corrected chi connectivity index (χ3v) is 15.9. The van der Waals surface area contributed by atoms with Gasteiger partial charge in [-0.1, -0.05) is 245 Å². The summed E-state index contributed by atoms with van der Waals surface area (Å²) in [5.41, 5.74) is 0. The lowest BCUT2D eigenvalue weighted by atomic mass is 9.95. The molecule has 0 aliphatic carbocycles. The maximum atomic E-state index is 13.4. The molecule has 77 heavy (non-hydrogen) atoms. The van der Waals surface area contributed by atoms with Crippen molar-refractivity contribution in [3.05, 3.63) is 0 Å². The molecule has 2 fully saturated rings. The van der Waals surface area contributed by atoms with Crippen molar-refractivity contribution in [2.75, 3.05) is 19.8 Å². The van der Waals surface area contributed by atoms with Gasteiger partial charge >= 0.3 is 0 Å². The van der Waals surface area contributed by atoms with Gasteiger partial charge in [0.2, 0.25) is 11.8 Å². The Morgan fingerprint density at radius 3 is 1.25 bits per heavy atom. The van der Waals surface area contributed by atoms with Crippen molar-refractivity contribution in [1.29, 1.82) is 0 Å². The third-order valence-electron chi connectivity index (χ3n) is 15.9. The van der Waals surface area contributed by atoms with Crippen molar-refractivity contribution < 1.29 is 74.5 Å². The third kappa shape index (κ3) is 31.4. The number of aliphatic hydroxyl groups is 9. The summed E-state index contributed by atoms with van der Waals surface area (Å²) in [5.74, 6) is -1.37. The molecule has 14 unspecified atom stereocenters. The van der Waals surface area contributed by atoms with Crippen LogP contribution in [0, 0.1) is 0 Å². The molecule has 0 radical (unpaired) electrons. The van der Waals surface area contributed by atoms with Gasteiger partial charge in [-0.3, -0.25) is 9.59 Å². The van der Waals surface area contributed by atoms with E-state index in [1.54, 1.807) is 0 Å². The molecule has 14 atom stereocenters. The van der Waals surface area contributed by atoms with Crippen LogP contribution in [0.15, 0.2) is 0 Å². The van der Waals surface area contributed by atoms with Gasteiger partial charge in [0.1, 0.15) is 61.0 Å². The number of aliphatic hydroxyl groups excluding tert-OH is 9. The number of amides is 2. The number of ether oxygens (including phenoxy) is 4. The van der Waals surface area contributed by atoms with Crippen LogP contribution in [0.1, 0.15) is 265 Å². The maximum absolute atomic E-state index is 13.4. The maximum Gasteiger partial charge on any atom is 0.249 e. The minimum Gasteiger partial charge on any atom is -0.394 e. The molecular formula is C60H116N2O15. The molecule has 2 amide bonds. The van der Waals surface area contributed by atoms with Gasteiger partial charge in [0.15, 0.2) is 12.6 Å². The molecule has 11 N–H and O–H groups in total. The second kappa shape index (κ2) is 46.0. The van der Waals surface area contributed by atoms with Crippen LogP contribution >= 0.6 is 0 Å². The van der Waals surface area contributed by atoms with Crippen molar-refractivity contribution >= 4 is 11.8 Å². The normalized spacial score (nSPS) is 25.4. The highest BCUT2D eigenvalue weighted by atomic mass is 16.7. The summed E-state index contributed by atoms with van der Waals surface area (Å²) in [6, 6.07) is -2.67. The first kappa shape index (κ1) is 71.5. The Hall–Kier alpha value is -1.58. The van der Waals surface area contributed by atoms with E-state index in [1.165, 1.54) is 173 Å². The zero-order valence-corrected chi connectivity index (χ0v) is 48.5. The number of carbonyl (C=O) groups excluding carboxylic acids is 2. The van der Waals surface area contributed by atoms with Gasteiger partial charge in [-0.15, -0.1) is 0 Å². The molecular weight excluding hydrogens is 989 g/mol. The molecule has 0 bridgehead atoms. The van der Waals surface area contributed by atoms with Crippen LogP contribution in [0.3, 0.4) is 0 Å². The molecule has 17 nitrogen and oxygen atoms in total. The van der Waals surface area contributed by atoms with Crippen LogP contribution < -0.4 is 10.6 Å². The predicted molar refractivity (Wildman–Crippen MR) is 301 cm³/mol. The molecule has 0 aromatic rings. The Morgan fingerprint density at radius 2 is 0.857 bits per heavy atom. The summed E-state index contributed by atoms with van der Waals surface area (Å²) in [6.07, 6.45) is 25.8. The Labute approximate surface area is 465 Å². The van der Waals surface area contributed by atoms with E-state index in [0.29, 0.717) is 12.8 Å². The van der Waals surface area contributed by atoms with E-state index in [2.05, 4.69) is 24.5 Å². The summed E-state index contributed by atoms with van der Waals surface area (Å²) < 4.78 is 23.2. The fourth-order valence-corrected chi connectivity index (χ4v) is 10.9. The lowest BCUT2D eigenvalue weighted by Crippen LogP contribution is -2.67. The van der Waals surface area contributed by atoms with Gasteiger partial charge in [-0.25, -0.2) is 0 Å². The number of hydrogen-bond donors (Lipinski definition) is 11. The molecule has 0 aromatic carbocycles.